The molecule has 2 aliphatic rings. The highest BCUT2D eigenvalue weighted by Gasteiger charge is 2.30. The molecule has 0 saturated carbocycles. The number of hydrogen-bond donors (Lipinski definition) is 2. The topological polar surface area (TPSA) is 79.3 Å². The molecule has 2 atom stereocenters. The molecular weight excluding hydrogens is 485 g/mol. The zero-order valence-electron chi connectivity index (χ0n) is 19.9. The smallest absolute Gasteiger partial charge is 0.211 e. The van der Waals surface area contributed by atoms with Crippen LogP contribution < -0.4 is 15.5 Å². The van der Waals surface area contributed by atoms with E-state index in [9.17, 15) is 9.59 Å². The van der Waals surface area contributed by atoms with E-state index >= 15 is 0 Å². The van der Waals surface area contributed by atoms with Crippen LogP contribution in [0.2, 0.25) is 0 Å². The van der Waals surface area contributed by atoms with Gasteiger partial charge >= 0.3 is 0 Å². The van der Waals surface area contributed by atoms with Crippen LogP contribution in [0.5, 0.6) is 0 Å². The van der Waals surface area contributed by atoms with Gasteiger partial charge in [-0.2, -0.15) is 0 Å². The Hall–Kier alpha value is -2.87. The summed E-state index contributed by atoms with van der Waals surface area (Å²) >= 11 is 0. The van der Waals surface area contributed by atoms with Gasteiger partial charge in [0, 0.05) is 36.1 Å². The number of imidazole rings is 1. The molecule has 0 spiro atoms. The first-order chi connectivity index (χ1) is 16.0. The predicted molar refractivity (Wildman–Crippen MR) is 143 cm³/mol. The highest BCUT2D eigenvalue weighted by Crippen LogP contribution is 2.38. The predicted octanol–water partition coefficient (Wildman–Crippen LogP) is 4.40. The number of aromatic nitrogens is 2. The molecule has 0 unspecified atom stereocenters. The van der Waals surface area contributed by atoms with Gasteiger partial charge < -0.3 is 20.1 Å². The molecule has 0 amide bonds. The Labute approximate surface area is 218 Å². The van der Waals surface area contributed by atoms with Crippen molar-refractivity contribution in [2.45, 2.75) is 45.4 Å². The van der Waals surface area contributed by atoms with Gasteiger partial charge in [-0.1, -0.05) is 18.2 Å². The van der Waals surface area contributed by atoms with Gasteiger partial charge in [0.2, 0.25) is 5.78 Å². The van der Waals surface area contributed by atoms with Crippen LogP contribution in [0.1, 0.15) is 53.7 Å². The summed E-state index contributed by atoms with van der Waals surface area (Å²) in [5, 5.41) is 6.92. The zero-order valence-corrected chi connectivity index (χ0v) is 21.5. The number of rotatable bonds is 6. The second kappa shape index (κ2) is 11.2. The lowest BCUT2D eigenvalue weighted by Crippen LogP contribution is -2.42. The molecule has 0 saturated heterocycles. The van der Waals surface area contributed by atoms with Crippen LogP contribution in [0, 0.1) is 0 Å². The van der Waals surface area contributed by atoms with E-state index in [1.807, 2.05) is 41.0 Å². The molecule has 186 valence electrons. The van der Waals surface area contributed by atoms with E-state index in [4.69, 9.17) is 0 Å². The highest BCUT2D eigenvalue weighted by atomic mass is 35.5. The molecule has 0 bridgehead atoms. The van der Waals surface area contributed by atoms with E-state index in [0.29, 0.717) is 24.3 Å². The molecule has 0 fully saturated rings. The van der Waals surface area contributed by atoms with E-state index in [0.717, 1.165) is 36.7 Å². The zero-order chi connectivity index (χ0) is 22.9. The van der Waals surface area contributed by atoms with Crippen molar-refractivity contribution in [1.82, 2.24) is 14.9 Å². The van der Waals surface area contributed by atoms with Crippen molar-refractivity contribution in [3.8, 4) is 0 Å². The molecule has 2 aliphatic heterocycles. The Balaban J connectivity index is 0.00000171. The molecule has 3 heterocycles. The number of hydrogen-bond acceptors (Lipinski definition) is 6. The number of benzene rings is 2. The fraction of sp³-hybridized carbons (Fsp3) is 0.346. The highest BCUT2D eigenvalue weighted by molar-refractivity contribution is 6.08. The molecule has 9 heteroatoms. The van der Waals surface area contributed by atoms with Crippen LogP contribution in [-0.2, 0) is 17.9 Å². The minimum atomic E-state index is -0.00120. The normalized spacial score (nSPS) is 18.4. The van der Waals surface area contributed by atoms with Crippen molar-refractivity contribution in [1.29, 1.82) is 0 Å². The van der Waals surface area contributed by atoms with Crippen LogP contribution in [0.25, 0.3) is 0 Å². The third kappa shape index (κ3) is 5.37. The van der Waals surface area contributed by atoms with Crippen molar-refractivity contribution >= 4 is 47.8 Å². The second-order valence-electron chi connectivity index (χ2n) is 8.96. The van der Waals surface area contributed by atoms with Crippen LogP contribution in [-0.4, -0.2) is 40.2 Å². The Morgan fingerprint density at radius 3 is 2.60 bits per heavy atom. The van der Waals surface area contributed by atoms with E-state index in [2.05, 4.69) is 39.6 Å². The Morgan fingerprint density at radius 2 is 1.86 bits per heavy atom. The van der Waals surface area contributed by atoms with Crippen molar-refractivity contribution in [3.05, 3.63) is 77.4 Å². The molecule has 5 rings (SSSR count). The van der Waals surface area contributed by atoms with Crippen molar-refractivity contribution in [3.63, 3.8) is 0 Å². The number of fused-ring (bicyclic) bond motifs is 2. The van der Waals surface area contributed by atoms with Gasteiger partial charge in [0.15, 0.2) is 0 Å². The lowest BCUT2D eigenvalue weighted by molar-refractivity contribution is -0.115. The van der Waals surface area contributed by atoms with E-state index < -0.39 is 0 Å². The number of nitrogens with one attached hydrogen (secondary N) is 2. The van der Waals surface area contributed by atoms with Crippen LogP contribution in [0.3, 0.4) is 0 Å². The molecule has 0 aliphatic carbocycles. The van der Waals surface area contributed by atoms with Gasteiger partial charge in [0.25, 0.3) is 0 Å². The number of carbonyl (C=O) groups is 2. The van der Waals surface area contributed by atoms with Crippen molar-refractivity contribution < 1.29 is 9.59 Å². The van der Waals surface area contributed by atoms with Crippen molar-refractivity contribution in [2.75, 3.05) is 23.3 Å². The quantitative estimate of drug-likeness (QED) is 0.473. The minimum absolute atomic E-state index is 0. The number of anilines is 2. The molecule has 35 heavy (non-hydrogen) atoms. The van der Waals surface area contributed by atoms with E-state index in [1.54, 1.807) is 13.1 Å². The van der Waals surface area contributed by atoms with Crippen LogP contribution in [0.15, 0.2) is 54.7 Å². The maximum atomic E-state index is 13.1. The fourth-order valence-corrected chi connectivity index (χ4v) is 4.94. The Kier molecular flexibility index (Phi) is 8.59. The lowest BCUT2D eigenvalue weighted by atomic mass is 9.91. The summed E-state index contributed by atoms with van der Waals surface area (Å²) in [5.74, 6) is 1.07. The molecule has 1 aromatic heterocycles. The second-order valence-corrected chi connectivity index (χ2v) is 8.96. The van der Waals surface area contributed by atoms with E-state index in [1.165, 1.54) is 5.56 Å². The molecule has 2 aromatic carbocycles. The Morgan fingerprint density at radius 1 is 1.11 bits per heavy atom. The van der Waals surface area contributed by atoms with Crippen LogP contribution in [0.4, 0.5) is 11.4 Å². The summed E-state index contributed by atoms with van der Waals surface area (Å²) in [7, 11) is 0. The molecule has 3 aromatic rings. The molecule has 7 nitrogen and oxygen atoms in total. The van der Waals surface area contributed by atoms with Gasteiger partial charge in [-0.05, 0) is 56.2 Å². The summed E-state index contributed by atoms with van der Waals surface area (Å²) in [4.78, 5) is 31.5. The molecular formula is C26H31Cl2N5O2. The third-order valence-corrected chi connectivity index (χ3v) is 6.58. The monoisotopic (exact) mass is 515 g/mol. The number of halogens is 2. The van der Waals surface area contributed by atoms with Gasteiger partial charge in [-0.25, -0.2) is 4.98 Å². The number of para-hydroxylation sites is 1. The summed E-state index contributed by atoms with van der Waals surface area (Å²) in [5.41, 5.74) is 4.57. The minimum Gasteiger partial charge on any atom is -0.378 e. The number of ketones is 2. The largest absolute Gasteiger partial charge is 0.378 e. The van der Waals surface area contributed by atoms with Gasteiger partial charge in [0.05, 0.1) is 25.3 Å². The maximum absolute atomic E-state index is 13.1. The summed E-state index contributed by atoms with van der Waals surface area (Å²) in [6.45, 7) is 6.53. The third-order valence-electron chi connectivity index (χ3n) is 6.58. The summed E-state index contributed by atoms with van der Waals surface area (Å²) < 4.78 is 2.01. The van der Waals surface area contributed by atoms with Gasteiger partial charge in [-0.3, -0.25) is 9.59 Å². The molecule has 2 N–H and O–H groups in total. The first-order valence-corrected chi connectivity index (χ1v) is 11.5. The first-order valence-electron chi connectivity index (χ1n) is 11.5. The average Bonchev–Trinajstić information content (AvgIpc) is 3.26. The summed E-state index contributed by atoms with van der Waals surface area (Å²) in [6, 6.07) is 16.4. The molecule has 0 radical (unpaired) electrons. The standard InChI is InChI=1S/C26H29N5O2.2ClH/c1-17-13-22(21-5-3-4-6-23(21)31(17)16-18(2)32)29-20-9-7-19(8-10-20)26(33)24-14-28-25-15-27-11-12-30(24)25;;/h3-10,14,17,22,27,29H,11-13,15-16H2,1-2H3;2*1H/t17-,22+;;/m0../s1. The first kappa shape index (κ1) is 26.7. The average molecular weight is 516 g/mol. The Bertz CT molecular complexity index is 1190. The SMILES string of the molecule is CC(=O)CN1c2ccccc2[C@H](Nc2ccc(C(=O)c3cnc4n3CCNC4)cc2)C[C@@H]1C.Cl.Cl. The van der Waals surface area contributed by atoms with Gasteiger partial charge in [-0.15, -0.1) is 24.8 Å². The number of nitrogens with zero attached hydrogens (tertiary/aromatic N) is 3. The van der Waals surface area contributed by atoms with Gasteiger partial charge in [0.1, 0.15) is 17.3 Å². The summed E-state index contributed by atoms with van der Waals surface area (Å²) in [6.07, 6.45) is 2.57. The number of Topliss-reactive ketones (excluding diaryl/α,β-unsaturated/α-hetero) is 1. The van der Waals surface area contributed by atoms with E-state index in [-0.39, 0.29) is 48.5 Å². The lowest BCUT2D eigenvalue weighted by Gasteiger charge is -2.41. The maximum Gasteiger partial charge on any atom is 0.211 e. The van der Waals surface area contributed by atoms with Crippen molar-refractivity contribution in [2.24, 2.45) is 0 Å². The fourth-order valence-electron chi connectivity index (χ4n) is 4.94. The number of carbonyl (C=O) groups excluding carboxylic acids is 2. The van der Waals surface area contributed by atoms with Crippen LogP contribution >= 0.6 is 24.8 Å².